The van der Waals surface area contributed by atoms with E-state index in [4.69, 9.17) is 0 Å². The number of benzene rings is 9. The maximum absolute atomic E-state index is 2.53. The molecule has 9 aromatic carbocycles. The van der Waals surface area contributed by atoms with E-state index < -0.39 is 0 Å². The first-order chi connectivity index (χ1) is 28.6. The van der Waals surface area contributed by atoms with Crippen LogP contribution in [-0.2, 0) is 5.41 Å². The highest BCUT2D eigenvalue weighted by Crippen LogP contribution is 2.56. The predicted molar refractivity (Wildman–Crippen MR) is 245 cm³/mol. The van der Waals surface area contributed by atoms with Crippen LogP contribution < -0.4 is 9.80 Å². The van der Waals surface area contributed by atoms with Crippen molar-refractivity contribution in [1.29, 1.82) is 0 Å². The van der Waals surface area contributed by atoms with Gasteiger partial charge in [-0.05, 0) is 106 Å². The quantitative estimate of drug-likeness (QED) is 0.161. The molecule has 0 aliphatic heterocycles. The Balaban J connectivity index is 1.29. The number of fused-ring (bicyclic) bond motifs is 7. The highest BCUT2D eigenvalue weighted by molar-refractivity contribution is 6.18. The van der Waals surface area contributed by atoms with Gasteiger partial charge in [0.25, 0.3) is 0 Å². The summed E-state index contributed by atoms with van der Waals surface area (Å²) in [5.41, 5.74) is 15.1. The number of rotatable bonds is 7. The Morgan fingerprint density at radius 1 is 0.397 bits per heavy atom. The van der Waals surface area contributed by atoms with Gasteiger partial charge in [-0.3, -0.25) is 0 Å². The number of hydrogen-bond acceptors (Lipinski definition) is 2. The summed E-state index contributed by atoms with van der Waals surface area (Å²) in [6.07, 6.45) is 0. The molecule has 0 radical (unpaired) electrons. The SMILES string of the molecule is CC1(C)c2ccccc2-c2cccc(N(c3ccccc3)c3cc(N(c4ccccc4)c4ccccc4)cc4c3c3ccccc3n4-c3ccc4ccccc4c3)c21. The molecule has 1 heterocycles. The Bertz CT molecular complexity index is 3100. The summed E-state index contributed by atoms with van der Waals surface area (Å²) in [5.74, 6) is 0. The average Bonchev–Trinajstić information content (AvgIpc) is 3.73. The molecule has 0 atom stereocenters. The van der Waals surface area contributed by atoms with E-state index in [0.29, 0.717) is 0 Å². The van der Waals surface area contributed by atoms with Crippen LogP contribution in [0.4, 0.5) is 34.1 Å². The van der Waals surface area contributed by atoms with Crippen molar-refractivity contribution in [2.75, 3.05) is 9.80 Å². The highest BCUT2D eigenvalue weighted by Gasteiger charge is 2.39. The van der Waals surface area contributed by atoms with Gasteiger partial charge in [0.15, 0.2) is 0 Å². The number of hydrogen-bond donors (Lipinski definition) is 0. The predicted octanol–water partition coefficient (Wildman–Crippen LogP) is 15.2. The Morgan fingerprint density at radius 2 is 0.983 bits per heavy atom. The summed E-state index contributed by atoms with van der Waals surface area (Å²) in [6.45, 7) is 4.77. The van der Waals surface area contributed by atoms with Gasteiger partial charge in [0.2, 0.25) is 0 Å². The standard InChI is InChI=1S/C55H41N3/c1-55(2)48-30-16-14-27-45(48)46-29-18-32-50(54(46)55)57(42-25-10-5-11-26-42)51-36-44(56(40-21-6-3-7-22-40)41-23-8-4-9-24-41)37-52-53(51)47-28-15-17-31-49(47)58(52)43-34-33-38-19-12-13-20-39(38)35-43/h3-37H,1-2H3. The van der Waals surface area contributed by atoms with Crippen molar-refractivity contribution in [3.8, 4) is 16.8 Å². The van der Waals surface area contributed by atoms with Gasteiger partial charge in [0, 0.05) is 38.9 Å². The minimum Gasteiger partial charge on any atom is -0.310 e. The largest absolute Gasteiger partial charge is 0.310 e. The lowest BCUT2D eigenvalue weighted by Gasteiger charge is -2.34. The molecule has 1 aliphatic rings. The van der Waals surface area contributed by atoms with Gasteiger partial charge in [0.05, 0.1) is 28.1 Å². The van der Waals surface area contributed by atoms with Crippen LogP contribution in [0.15, 0.2) is 212 Å². The second-order valence-electron chi connectivity index (χ2n) is 15.8. The molecule has 0 N–H and O–H groups in total. The summed E-state index contributed by atoms with van der Waals surface area (Å²) >= 11 is 0. The van der Waals surface area contributed by atoms with Crippen molar-refractivity contribution in [3.05, 3.63) is 223 Å². The lowest BCUT2D eigenvalue weighted by Crippen LogP contribution is -2.21. The van der Waals surface area contributed by atoms with Crippen LogP contribution in [-0.4, -0.2) is 4.57 Å². The third-order valence-electron chi connectivity index (χ3n) is 12.1. The van der Waals surface area contributed by atoms with Gasteiger partial charge < -0.3 is 14.4 Å². The Hall–Kier alpha value is -7.36. The Morgan fingerprint density at radius 3 is 1.71 bits per heavy atom. The summed E-state index contributed by atoms with van der Waals surface area (Å²) in [4.78, 5) is 4.92. The van der Waals surface area contributed by atoms with Crippen molar-refractivity contribution >= 4 is 66.7 Å². The molecule has 0 bridgehead atoms. The van der Waals surface area contributed by atoms with Gasteiger partial charge in [-0.2, -0.15) is 0 Å². The molecule has 10 aromatic rings. The summed E-state index contributed by atoms with van der Waals surface area (Å²) in [6, 6.07) is 77.4. The zero-order valence-electron chi connectivity index (χ0n) is 32.5. The van der Waals surface area contributed by atoms with Crippen LogP contribution in [0.3, 0.4) is 0 Å². The van der Waals surface area contributed by atoms with Gasteiger partial charge in [-0.1, -0.05) is 153 Å². The molecule has 0 saturated carbocycles. The first-order valence-electron chi connectivity index (χ1n) is 20.1. The van der Waals surface area contributed by atoms with Crippen molar-refractivity contribution < 1.29 is 0 Å². The molecule has 3 heteroatoms. The third kappa shape index (κ3) is 5.28. The summed E-state index contributed by atoms with van der Waals surface area (Å²) in [7, 11) is 0. The molecule has 0 unspecified atom stereocenters. The van der Waals surface area contributed by atoms with Gasteiger partial charge >= 0.3 is 0 Å². The topological polar surface area (TPSA) is 11.4 Å². The third-order valence-corrected chi connectivity index (χ3v) is 12.1. The van der Waals surface area contributed by atoms with Gasteiger partial charge in [-0.15, -0.1) is 0 Å². The van der Waals surface area contributed by atoms with E-state index in [-0.39, 0.29) is 5.41 Å². The molecule has 276 valence electrons. The normalized spacial score (nSPS) is 12.8. The lowest BCUT2D eigenvalue weighted by atomic mass is 9.81. The van der Waals surface area contributed by atoms with Crippen molar-refractivity contribution in [1.82, 2.24) is 4.57 Å². The molecule has 0 amide bonds. The molecular weight excluding hydrogens is 703 g/mol. The van der Waals surface area contributed by atoms with E-state index in [9.17, 15) is 0 Å². The van der Waals surface area contributed by atoms with E-state index in [0.717, 1.165) is 45.2 Å². The molecule has 0 fully saturated rings. The number of nitrogens with zero attached hydrogens (tertiary/aromatic N) is 3. The molecule has 58 heavy (non-hydrogen) atoms. The van der Waals surface area contributed by atoms with Gasteiger partial charge in [0.1, 0.15) is 0 Å². The monoisotopic (exact) mass is 743 g/mol. The van der Waals surface area contributed by atoms with Crippen LogP contribution in [0.2, 0.25) is 0 Å². The zero-order valence-corrected chi connectivity index (χ0v) is 32.5. The summed E-state index contributed by atoms with van der Waals surface area (Å²) < 4.78 is 2.47. The van der Waals surface area contributed by atoms with Crippen molar-refractivity contribution in [2.45, 2.75) is 19.3 Å². The number of aromatic nitrogens is 1. The fraction of sp³-hybridized carbons (Fsp3) is 0.0545. The second kappa shape index (κ2) is 13.4. The van der Waals surface area contributed by atoms with Crippen LogP contribution in [0.1, 0.15) is 25.0 Å². The van der Waals surface area contributed by atoms with Crippen LogP contribution in [0.25, 0.3) is 49.4 Å². The fourth-order valence-electron chi connectivity index (χ4n) is 9.55. The highest BCUT2D eigenvalue weighted by atomic mass is 15.2. The molecular formula is C55H41N3. The van der Waals surface area contributed by atoms with E-state index in [1.807, 2.05) is 0 Å². The maximum atomic E-state index is 2.53. The molecule has 0 saturated heterocycles. The molecule has 1 aromatic heterocycles. The van der Waals surface area contributed by atoms with Crippen LogP contribution in [0, 0.1) is 0 Å². The molecule has 0 spiro atoms. The van der Waals surface area contributed by atoms with Crippen LogP contribution >= 0.6 is 0 Å². The number of para-hydroxylation sites is 4. The number of anilines is 6. The fourth-order valence-corrected chi connectivity index (χ4v) is 9.55. The first-order valence-corrected chi connectivity index (χ1v) is 20.1. The maximum Gasteiger partial charge on any atom is 0.0583 e. The minimum absolute atomic E-state index is 0.231. The second-order valence-corrected chi connectivity index (χ2v) is 15.8. The van der Waals surface area contributed by atoms with Crippen molar-refractivity contribution in [3.63, 3.8) is 0 Å². The first kappa shape index (κ1) is 33.9. The minimum atomic E-state index is -0.231. The molecule has 3 nitrogen and oxygen atoms in total. The Labute approximate surface area is 339 Å². The summed E-state index contributed by atoms with van der Waals surface area (Å²) in [5, 5.41) is 4.84. The average molecular weight is 744 g/mol. The van der Waals surface area contributed by atoms with E-state index in [1.54, 1.807) is 0 Å². The van der Waals surface area contributed by atoms with Crippen molar-refractivity contribution in [2.24, 2.45) is 0 Å². The van der Waals surface area contributed by atoms with Crippen LogP contribution in [0.5, 0.6) is 0 Å². The lowest BCUT2D eigenvalue weighted by molar-refractivity contribution is 0.661. The van der Waals surface area contributed by atoms with E-state index >= 15 is 0 Å². The van der Waals surface area contributed by atoms with Gasteiger partial charge in [-0.25, -0.2) is 0 Å². The Kier molecular flexibility index (Phi) is 7.84. The zero-order chi connectivity index (χ0) is 38.8. The van der Waals surface area contributed by atoms with E-state index in [2.05, 4.69) is 241 Å². The van der Waals surface area contributed by atoms with E-state index in [1.165, 1.54) is 49.5 Å². The smallest absolute Gasteiger partial charge is 0.0583 e. The molecule has 1 aliphatic carbocycles. The molecule has 11 rings (SSSR count).